The van der Waals surface area contributed by atoms with Gasteiger partial charge in [-0.2, -0.15) is 0 Å². The molecule has 0 radical (unpaired) electrons. The van der Waals surface area contributed by atoms with Crippen LogP contribution in [-0.2, 0) is 27.3 Å². The fraction of sp³-hybridized carbons (Fsp3) is 0.341. The molecule has 0 saturated carbocycles. The van der Waals surface area contributed by atoms with Crippen LogP contribution in [0, 0.1) is 0 Å². The zero-order valence-corrected chi connectivity index (χ0v) is 27.9. The maximum atomic E-state index is 11.4. The minimum atomic E-state index is -0.301. The summed E-state index contributed by atoms with van der Waals surface area (Å²) in [5, 5.41) is 0. The standard InChI is InChI=1S/C41H46N2O5/c1-2-46-40(44)31-45-27-25-42-21-23-43(24-22-42)26-28-47-36-16-13-34(14-17-36)41-38(33-11-7-4-8-12-33)19-15-35-29-37(18-20-39(35)41)48-30-32-9-5-3-6-10-32/h3-14,16-18,20,29H,2,15,19,21-28,30-31H2,1H3. The van der Waals surface area contributed by atoms with Gasteiger partial charge in [-0.1, -0.05) is 78.9 Å². The Morgan fingerprint density at radius 2 is 1.35 bits per heavy atom. The van der Waals surface area contributed by atoms with Crippen molar-refractivity contribution in [3.05, 3.63) is 131 Å². The first kappa shape index (κ1) is 33.5. The monoisotopic (exact) mass is 646 g/mol. The molecule has 1 saturated heterocycles. The van der Waals surface area contributed by atoms with Crippen molar-refractivity contribution in [1.82, 2.24) is 9.80 Å². The Hall–Kier alpha value is -4.43. The molecule has 1 heterocycles. The van der Waals surface area contributed by atoms with Crippen LogP contribution >= 0.6 is 0 Å². The van der Waals surface area contributed by atoms with Gasteiger partial charge < -0.3 is 18.9 Å². The number of carbonyl (C=O) groups excluding carboxylic acids is 1. The highest BCUT2D eigenvalue weighted by atomic mass is 16.6. The van der Waals surface area contributed by atoms with Gasteiger partial charge in [-0.25, -0.2) is 4.79 Å². The molecule has 6 rings (SSSR count). The van der Waals surface area contributed by atoms with E-state index in [1.165, 1.54) is 39.0 Å². The summed E-state index contributed by atoms with van der Waals surface area (Å²) < 4.78 is 22.8. The number of benzene rings is 4. The lowest BCUT2D eigenvalue weighted by Crippen LogP contribution is -2.48. The summed E-state index contributed by atoms with van der Waals surface area (Å²) in [6.45, 7) is 9.63. The Kier molecular flexibility index (Phi) is 11.9. The van der Waals surface area contributed by atoms with Gasteiger partial charge in [0.15, 0.2) is 0 Å². The Morgan fingerprint density at radius 1 is 0.688 bits per heavy atom. The molecule has 0 spiro atoms. The highest BCUT2D eigenvalue weighted by Crippen LogP contribution is 2.42. The molecule has 4 aromatic carbocycles. The van der Waals surface area contributed by atoms with Crippen molar-refractivity contribution >= 4 is 17.1 Å². The number of fused-ring (bicyclic) bond motifs is 1. The van der Waals surface area contributed by atoms with Crippen LogP contribution in [0.2, 0.25) is 0 Å². The lowest BCUT2D eigenvalue weighted by Gasteiger charge is -2.34. The zero-order valence-electron chi connectivity index (χ0n) is 27.9. The summed E-state index contributed by atoms with van der Waals surface area (Å²) in [5.41, 5.74) is 8.88. The summed E-state index contributed by atoms with van der Waals surface area (Å²) in [5.74, 6) is 1.49. The van der Waals surface area contributed by atoms with Crippen LogP contribution in [0.25, 0.3) is 11.1 Å². The minimum absolute atomic E-state index is 0.0248. The molecule has 48 heavy (non-hydrogen) atoms. The number of aryl methyl sites for hydroxylation is 1. The maximum absolute atomic E-state index is 11.4. The van der Waals surface area contributed by atoms with Gasteiger partial charge >= 0.3 is 5.97 Å². The number of carbonyl (C=O) groups is 1. The van der Waals surface area contributed by atoms with E-state index in [-0.39, 0.29) is 12.6 Å². The summed E-state index contributed by atoms with van der Waals surface area (Å²) >= 11 is 0. The van der Waals surface area contributed by atoms with Crippen molar-refractivity contribution < 1.29 is 23.7 Å². The zero-order chi connectivity index (χ0) is 33.0. The number of nitrogens with zero attached hydrogens (tertiary/aromatic N) is 2. The minimum Gasteiger partial charge on any atom is -0.492 e. The van der Waals surface area contributed by atoms with Crippen molar-refractivity contribution in [2.75, 3.05) is 65.7 Å². The van der Waals surface area contributed by atoms with Crippen LogP contribution < -0.4 is 9.47 Å². The number of piperazine rings is 1. The second-order valence-corrected chi connectivity index (χ2v) is 12.2. The molecule has 1 fully saturated rings. The van der Waals surface area contributed by atoms with Crippen LogP contribution in [-0.4, -0.2) is 81.5 Å². The number of hydrogen-bond acceptors (Lipinski definition) is 7. The Balaban J connectivity index is 1.05. The molecule has 4 aromatic rings. The van der Waals surface area contributed by atoms with Crippen LogP contribution in [0.4, 0.5) is 0 Å². The molecule has 0 N–H and O–H groups in total. The second-order valence-electron chi connectivity index (χ2n) is 12.2. The first-order valence-electron chi connectivity index (χ1n) is 17.2. The smallest absolute Gasteiger partial charge is 0.332 e. The van der Waals surface area contributed by atoms with Crippen molar-refractivity contribution in [1.29, 1.82) is 0 Å². The second kappa shape index (κ2) is 17.1. The van der Waals surface area contributed by atoms with Gasteiger partial charge in [-0.05, 0) is 83.0 Å². The van der Waals surface area contributed by atoms with E-state index in [2.05, 4.69) is 94.7 Å². The summed E-state index contributed by atoms with van der Waals surface area (Å²) in [6, 6.07) is 36.2. The molecular formula is C41H46N2O5. The molecule has 250 valence electrons. The lowest BCUT2D eigenvalue weighted by molar-refractivity contribution is -0.148. The molecule has 7 heteroatoms. The van der Waals surface area contributed by atoms with E-state index in [1.54, 1.807) is 6.92 Å². The molecule has 0 amide bonds. The number of hydrogen-bond donors (Lipinski definition) is 0. The number of rotatable bonds is 15. The molecule has 1 aliphatic heterocycles. The highest BCUT2D eigenvalue weighted by Gasteiger charge is 2.22. The third-order valence-electron chi connectivity index (χ3n) is 9.02. The first-order chi connectivity index (χ1) is 23.7. The molecule has 1 aliphatic carbocycles. The van der Waals surface area contributed by atoms with Crippen LogP contribution in [0.3, 0.4) is 0 Å². The van der Waals surface area contributed by atoms with Gasteiger partial charge in [0.1, 0.15) is 31.3 Å². The maximum Gasteiger partial charge on any atom is 0.332 e. The van der Waals surface area contributed by atoms with Crippen LogP contribution in [0.5, 0.6) is 11.5 Å². The van der Waals surface area contributed by atoms with Gasteiger partial charge in [0.2, 0.25) is 0 Å². The molecule has 2 aliphatic rings. The number of esters is 1. The Bertz CT molecular complexity index is 1630. The van der Waals surface area contributed by atoms with Crippen molar-refractivity contribution in [2.24, 2.45) is 0 Å². The number of allylic oxidation sites excluding steroid dienone is 1. The molecular weight excluding hydrogens is 600 g/mol. The fourth-order valence-corrected chi connectivity index (χ4v) is 6.46. The van der Waals surface area contributed by atoms with E-state index in [4.69, 9.17) is 18.9 Å². The average molecular weight is 647 g/mol. The average Bonchev–Trinajstić information content (AvgIpc) is 3.14. The molecule has 0 unspecified atom stereocenters. The van der Waals surface area contributed by atoms with Gasteiger partial charge in [0, 0.05) is 39.3 Å². The molecule has 0 bridgehead atoms. The number of ether oxygens (including phenoxy) is 4. The summed E-state index contributed by atoms with van der Waals surface area (Å²) in [4.78, 5) is 16.2. The molecule has 0 aromatic heterocycles. The van der Waals surface area contributed by atoms with Crippen LogP contribution in [0.15, 0.2) is 103 Å². The molecule has 0 atom stereocenters. The normalized spacial score (nSPS) is 15.2. The SMILES string of the molecule is CCOC(=O)COCCN1CCN(CCOc2ccc(C3=C(c4ccccc4)CCc4cc(OCc5ccccc5)ccc43)cc2)CC1. The van der Waals surface area contributed by atoms with Gasteiger partial charge in [0.25, 0.3) is 0 Å². The van der Waals surface area contributed by atoms with E-state index >= 15 is 0 Å². The third-order valence-corrected chi connectivity index (χ3v) is 9.02. The van der Waals surface area contributed by atoms with E-state index < -0.39 is 0 Å². The largest absolute Gasteiger partial charge is 0.492 e. The van der Waals surface area contributed by atoms with Gasteiger partial charge in [-0.3, -0.25) is 9.80 Å². The topological polar surface area (TPSA) is 60.5 Å². The van der Waals surface area contributed by atoms with Gasteiger partial charge in [0.05, 0.1) is 13.2 Å². The quantitative estimate of drug-likeness (QED) is 0.105. The summed E-state index contributed by atoms with van der Waals surface area (Å²) in [7, 11) is 0. The fourth-order valence-electron chi connectivity index (χ4n) is 6.46. The Morgan fingerprint density at radius 3 is 2.06 bits per heavy atom. The van der Waals surface area contributed by atoms with E-state index in [9.17, 15) is 4.79 Å². The van der Waals surface area contributed by atoms with E-state index in [0.717, 1.165) is 63.6 Å². The van der Waals surface area contributed by atoms with Crippen molar-refractivity contribution in [3.63, 3.8) is 0 Å². The lowest BCUT2D eigenvalue weighted by atomic mass is 9.79. The van der Waals surface area contributed by atoms with Crippen molar-refractivity contribution in [2.45, 2.75) is 26.4 Å². The van der Waals surface area contributed by atoms with Crippen molar-refractivity contribution in [3.8, 4) is 11.5 Å². The van der Waals surface area contributed by atoms with Crippen LogP contribution in [0.1, 0.15) is 41.2 Å². The predicted octanol–water partition coefficient (Wildman–Crippen LogP) is 6.75. The van der Waals surface area contributed by atoms with E-state index in [1.807, 2.05) is 18.2 Å². The first-order valence-corrected chi connectivity index (χ1v) is 17.2. The van der Waals surface area contributed by atoms with E-state index in [0.29, 0.717) is 26.4 Å². The Labute approximate surface area is 284 Å². The summed E-state index contributed by atoms with van der Waals surface area (Å²) in [6.07, 6.45) is 1.95. The third kappa shape index (κ3) is 9.13. The predicted molar refractivity (Wildman–Crippen MR) is 190 cm³/mol. The van der Waals surface area contributed by atoms with Gasteiger partial charge in [-0.15, -0.1) is 0 Å². The highest BCUT2D eigenvalue weighted by molar-refractivity contribution is 6.00. The molecule has 7 nitrogen and oxygen atoms in total.